The fourth-order valence-corrected chi connectivity index (χ4v) is 4.83. The number of piperidine rings is 1. The van der Waals surface area contributed by atoms with Crippen LogP contribution in [0.15, 0.2) is 72.6 Å². The molecule has 1 fully saturated rings. The number of anilines is 4. The quantitative estimate of drug-likeness (QED) is 0.129. The minimum atomic E-state index is -0.432. The van der Waals surface area contributed by atoms with Crippen molar-refractivity contribution in [1.29, 1.82) is 0 Å². The smallest absolute Gasteiger partial charge is 0.247 e. The van der Waals surface area contributed by atoms with Crippen molar-refractivity contribution in [3.05, 3.63) is 83.1 Å². The van der Waals surface area contributed by atoms with E-state index in [1.54, 1.807) is 11.3 Å². The molecule has 2 aromatic carbocycles. The van der Waals surface area contributed by atoms with Gasteiger partial charge in [-0.25, -0.2) is 0 Å². The number of carbonyl (C=O) groups excluding carboxylic acids is 1. The van der Waals surface area contributed by atoms with Gasteiger partial charge < -0.3 is 27.2 Å². The SMILES string of the molecule is C=CC(=O)Nc1cccc(NC(N)c2sccc2NNNc2ccc(CN3CCCCC3)cc2)c1. The van der Waals surface area contributed by atoms with E-state index in [0.717, 1.165) is 28.5 Å². The van der Waals surface area contributed by atoms with Gasteiger partial charge in [-0.1, -0.05) is 31.2 Å². The van der Waals surface area contributed by atoms with Gasteiger partial charge >= 0.3 is 0 Å². The Bertz CT molecular complexity index is 1110. The Morgan fingerprint density at radius 3 is 2.57 bits per heavy atom. The van der Waals surface area contributed by atoms with Crippen molar-refractivity contribution in [2.45, 2.75) is 32.0 Å². The molecule has 0 aliphatic carbocycles. The first-order valence-electron chi connectivity index (χ1n) is 11.8. The molecule has 3 aromatic rings. The highest BCUT2D eigenvalue weighted by molar-refractivity contribution is 7.10. The molecular weight excluding hydrogens is 458 g/mol. The number of hydrogen-bond donors (Lipinski definition) is 6. The second-order valence-corrected chi connectivity index (χ2v) is 9.45. The van der Waals surface area contributed by atoms with E-state index < -0.39 is 6.17 Å². The normalized spacial score (nSPS) is 14.7. The third-order valence-electron chi connectivity index (χ3n) is 5.83. The van der Waals surface area contributed by atoms with E-state index >= 15 is 0 Å². The van der Waals surface area contributed by atoms with Gasteiger partial charge in [-0.3, -0.25) is 9.69 Å². The van der Waals surface area contributed by atoms with Crippen molar-refractivity contribution >= 4 is 40.0 Å². The van der Waals surface area contributed by atoms with Gasteiger partial charge in [0.05, 0.1) is 16.3 Å². The van der Waals surface area contributed by atoms with Crippen molar-refractivity contribution in [1.82, 2.24) is 10.4 Å². The molecule has 0 bridgehead atoms. The van der Waals surface area contributed by atoms with Crippen LogP contribution in [0.1, 0.15) is 35.9 Å². The summed E-state index contributed by atoms with van der Waals surface area (Å²) in [6.45, 7) is 6.88. The third kappa shape index (κ3) is 7.30. The topological polar surface area (TPSA) is 106 Å². The molecule has 1 aliphatic heterocycles. The molecule has 1 unspecified atom stereocenters. The average molecular weight is 492 g/mol. The number of hydrogen-bond acceptors (Lipinski definition) is 8. The van der Waals surface area contributed by atoms with Gasteiger partial charge in [-0.05, 0) is 79.3 Å². The number of carbonyl (C=O) groups is 1. The van der Waals surface area contributed by atoms with Crippen LogP contribution in [0.3, 0.4) is 0 Å². The standard InChI is InChI=1S/C26H33N7OS/c1-2-24(34)28-21-7-6-8-22(17-21)29-26(27)25-23(13-16-35-25)31-32-30-20-11-9-19(10-12-20)18-33-14-4-3-5-15-33/h2,6-13,16-17,26,29-32H,1,3-5,14-15,18,27H2,(H,28,34). The zero-order valence-electron chi connectivity index (χ0n) is 19.7. The summed E-state index contributed by atoms with van der Waals surface area (Å²) < 4.78 is 0. The lowest BCUT2D eigenvalue weighted by Gasteiger charge is -2.26. The molecule has 9 heteroatoms. The molecule has 0 saturated carbocycles. The van der Waals surface area contributed by atoms with Crippen molar-refractivity contribution in [2.24, 2.45) is 5.73 Å². The summed E-state index contributed by atoms with van der Waals surface area (Å²) in [6.07, 6.45) is 4.77. The Kier molecular flexibility index (Phi) is 8.74. The van der Waals surface area contributed by atoms with Crippen molar-refractivity contribution in [2.75, 3.05) is 34.6 Å². The molecule has 4 rings (SSSR count). The Morgan fingerprint density at radius 1 is 1.03 bits per heavy atom. The Hall–Kier alpha value is -3.37. The highest BCUT2D eigenvalue weighted by Crippen LogP contribution is 2.29. The minimum Gasteiger partial charge on any atom is -0.365 e. The highest BCUT2D eigenvalue weighted by atomic mass is 32.1. The fourth-order valence-electron chi connectivity index (χ4n) is 4.03. The van der Waals surface area contributed by atoms with E-state index in [9.17, 15) is 4.79 Å². The summed E-state index contributed by atoms with van der Waals surface area (Å²) in [5, 5.41) is 8.02. The first kappa shape index (κ1) is 24.7. The summed E-state index contributed by atoms with van der Waals surface area (Å²) >= 11 is 1.55. The summed E-state index contributed by atoms with van der Waals surface area (Å²) in [6, 6.07) is 17.9. The maximum absolute atomic E-state index is 11.6. The monoisotopic (exact) mass is 491 g/mol. The Labute approximate surface area is 210 Å². The van der Waals surface area contributed by atoms with E-state index in [4.69, 9.17) is 5.73 Å². The van der Waals surface area contributed by atoms with Gasteiger partial charge in [0.1, 0.15) is 6.17 Å². The summed E-state index contributed by atoms with van der Waals surface area (Å²) in [7, 11) is 0. The number of likely N-dealkylation sites (tertiary alicyclic amines) is 1. The number of hydrazine groups is 2. The number of amides is 1. The molecule has 1 atom stereocenters. The molecule has 1 saturated heterocycles. The number of benzene rings is 2. The molecular formula is C26H33N7OS. The summed E-state index contributed by atoms with van der Waals surface area (Å²) in [5.74, 6) is -0.258. The molecule has 0 spiro atoms. The predicted octanol–water partition coefficient (Wildman–Crippen LogP) is 4.87. The highest BCUT2D eigenvalue weighted by Gasteiger charge is 2.14. The third-order valence-corrected chi connectivity index (χ3v) is 6.83. The predicted molar refractivity (Wildman–Crippen MR) is 146 cm³/mol. The first-order chi connectivity index (χ1) is 17.1. The second-order valence-electron chi connectivity index (χ2n) is 8.50. The molecule has 0 radical (unpaired) electrons. The van der Waals surface area contributed by atoms with E-state index in [0.29, 0.717) is 5.69 Å². The largest absolute Gasteiger partial charge is 0.365 e. The Morgan fingerprint density at radius 2 is 1.80 bits per heavy atom. The summed E-state index contributed by atoms with van der Waals surface area (Å²) in [5.41, 5.74) is 20.5. The zero-order chi connectivity index (χ0) is 24.5. The van der Waals surface area contributed by atoms with Crippen LogP contribution in [0.2, 0.25) is 0 Å². The lowest BCUT2D eigenvalue weighted by Crippen LogP contribution is -2.30. The first-order valence-corrected chi connectivity index (χ1v) is 12.7. The zero-order valence-corrected chi connectivity index (χ0v) is 20.5. The maximum atomic E-state index is 11.6. The molecule has 184 valence electrons. The lowest BCUT2D eigenvalue weighted by molar-refractivity contribution is -0.111. The van der Waals surface area contributed by atoms with Gasteiger partial charge in [0.25, 0.3) is 0 Å². The van der Waals surface area contributed by atoms with Crippen LogP contribution in [0, 0.1) is 0 Å². The molecule has 1 amide bonds. The van der Waals surface area contributed by atoms with Gasteiger partial charge in [0.15, 0.2) is 0 Å². The minimum absolute atomic E-state index is 0.258. The number of thiophene rings is 1. The maximum Gasteiger partial charge on any atom is 0.247 e. The number of nitrogens with zero attached hydrogens (tertiary/aromatic N) is 1. The van der Waals surface area contributed by atoms with Gasteiger partial charge in [-0.15, -0.1) is 11.3 Å². The summed E-state index contributed by atoms with van der Waals surface area (Å²) in [4.78, 5) is 15.0. The fraction of sp³-hybridized carbons (Fsp3) is 0.269. The number of rotatable bonds is 11. The lowest BCUT2D eigenvalue weighted by atomic mass is 10.1. The van der Waals surface area contributed by atoms with Crippen molar-refractivity contribution in [3.63, 3.8) is 0 Å². The van der Waals surface area contributed by atoms with Crippen LogP contribution >= 0.6 is 11.3 Å². The van der Waals surface area contributed by atoms with Gasteiger partial charge in [0.2, 0.25) is 5.91 Å². The molecule has 8 nitrogen and oxygen atoms in total. The van der Waals surface area contributed by atoms with Crippen LogP contribution in [0.4, 0.5) is 22.7 Å². The van der Waals surface area contributed by atoms with E-state index in [2.05, 4.69) is 62.8 Å². The number of nitrogens with one attached hydrogen (secondary N) is 5. The van der Waals surface area contributed by atoms with Crippen LogP contribution < -0.4 is 32.8 Å². The van der Waals surface area contributed by atoms with Crippen LogP contribution in [0.25, 0.3) is 0 Å². The van der Waals surface area contributed by atoms with Crippen LogP contribution in [0.5, 0.6) is 0 Å². The molecule has 2 heterocycles. The molecule has 1 aromatic heterocycles. The molecule has 1 aliphatic rings. The Balaban J connectivity index is 1.27. The van der Waals surface area contributed by atoms with Crippen LogP contribution in [-0.4, -0.2) is 23.9 Å². The van der Waals surface area contributed by atoms with E-state index in [-0.39, 0.29) is 5.91 Å². The molecule has 35 heavy (non-hydrogen) atoms. The van der Waals surface area contributed by atoms with Crippen molar-refractivity contribution < 1.29 is 4.79 Å². The van der Waals surface area contributed by atoms with Gasteiger partial charge in [-0.2, -0.15) is 5.53 Å². The van der Waals surface area contributed by atoms with E-state index in [1.165, 1.54) is 44.0 Å². The number of nitrogens with two attached hydrogens (primary N) is 1. The van der Waals surface area contributed by atoms with Gasteiger partial charge in [0, 0.05) is 17.9 Å². The van der Waals surface area contributed by atoms with Crippen LogP contribution in [-0.2, 0) is 11.3 Å². The van der Waals surface area contributed by atoms with E-state index in [1.807, 2.05) is 35.7 Å². The second kappa shape index (κ2) is 12.4. The molecule has 7 N–H and O–H groups in total. The van der Waals surface area contributed by atoms with Crippen molar-refractivity contribution in [3.8, 4) is 0 Å². The average Bonchev–Trinajstić information content (AvgIpc) is 3.35.